The predicted molar refractivity (Wildman–Crippen MR) is 71.5 cm³/mol. The molecule has 0 atom stereocenters. The zero-order chi connectivity index (χ0) is 13.3. The van der Waals surface area contributed by atoms with Crippen molar-refractivity contribution >= 4 is 0 Å². The standard InChI is InChI=1S/C16H16N2/c17-15-13-11-9-7-5-3-1-2-4-6-8-10-12-14-16-18/h7-14H2. The first-order chi connectivity index (χ1) is 8.91. The van der Waals surface area contributed by atoms with E-state index in [9.17, 15) is 0 Å². The third-order valence-electron chi connectivity index (χ3n) is 2.04. The van der Waals surface area contributed by atoms with Crippen LogP contribution in [0.5, 0.6) is 0 Å². The fourth-order valence-electron chi connectivity index (χ4n) is 1.11. The molecule has 0 fully saturated rings. The van der Waals surface area contributed by atoms with Gasteiger partial charge in [0.15, 0.2) is 0 Å². The lowest BCUT2D eigenvalue weighted by Gasteiger charge is -1.85. The van der Waals surface area contributed by atoms with Crippen LogP contribution >= 0.6 is 0 Å². The Morgan fingerprint density at radius 1 is 0.500 bits per heavy atom. The number of unbranched alkanes of at least 4 members (excludes halogenated alkanes) is 6. The van der Waals surface area contributed by atoms with Crippen molar-refractivity contribution in [2.75, 3.05) is 0 Å². The van der Waals surface area contributed by atoms with Crippen LogP contribution in [0, 0.1) is 58.2 Å². The Morgan fingerprint density at radius 3 is 1.28 bits per heavy atom. The summed E-state index contributed by atoms with van der Waals surface area (Å²) in [4.78, 5) is 0. The summed E-state index contributed by atoms with van der Waals surface area (Å²) in [6.07, 6.45) is 6.49. The van der Waals surface area contributed by atoms with Gasteiger partial charge in [0, 0.05) is 25.7 Å². The van der Waals surface area contributed by atoms with Gasteiger partial charge in [-0.05, 0) is 49.4 Å². The van der Waals surface area contributed by atoms with Gasteiger partial charge in [-0.1, -0.05) is 11.8 Å². The second kappa shape index (κ2) is 14.7. The van der Waals surface area contributed by atoms with E-state index in [2.05, 4.69) is 47.7 Å². The van der Waals surface area contributed by atoms with E-state index in [1.54, 1.807) is 0 Å². The molecule has 0 N–H and O–H groups in total. The molecule has 0 aliphatic rings. The fourth-order valence-corrected chi connectivity index (χ4v) is 1.11. The highest BCUT2D eigenvalue weighted by atomic mass is 14.2. The van der Waals surface area contributed by atoms with Gasteiger partial charge in [-0.2, -0.15) is 10.5 Å². The minimum atomic E-state index is 0.602. The van der Waals surface area contributed by atoms with Crippen LogP contribution in [0.25, 0.3) is 0 Å². The summed E-state index contributed by atoms with van der Waals surface area (Å²) in [5, 5.41) is 16.6. The van der Waals surface area contributed by atoms with Crippen molar-refractivity contribution in [2.45, 2.75) is 51.4 Å². The van der Waals surface area contributed by atoms with Gasteiger partial charge >= 0.3 is 0 Å². The van der Waals surface area contributed by atoms with Crippen LogP contribution in [0.1, 0.15) is 51.4 Å². The van der Waals surface area contributed by atoms with Crippen LogP contribution in [0.3, 0.4) is 0 Å². The van der Waals surface area contributed by atoms with Crippen molar-refractivity contribution in [1.82, 2.24) is 0 Å². The Bertz CT molecular complexity index is 425. The summed E-state index contributed by atoms with van der Waals surface area (Å²) in [5.74, 6) is 16.7. The molecule has 0 aliphatic heterocycles. The average Bonchev–Trinajstić information content (AvgIpc) is 2.39. The summed E-state index contributed by atoms with van der Waals surface area (Å²) >= 11 is 0. The quantitative estimate of drug-likeness (QED) is 0.525. The molecule has 90 valence electrons. The first kappa shape index (κ1) is 15.7. The van der Waals surface area contributed by atoms with Gasteiger partial charge in [-0.15, -0.1) is 0 Å². The van der Waals surface area contributed by atoms with Gasteiger partial charge < -0.3 is 0 Å². The Morgan fingerprint density at radius 2 is 0.889 bits per heavy atom. The van der Waals surface area contributed by atoms with Crippen molar-refractivity contribution in [3.8, 4) is 47.7 Å². The summed E-state index contributed by atoms with van der Waals surface area (Å²) in [6.45, 7) is 0. The Kier molecular flexibility index (Phi) is 12.8. The van der Waals surface area contributed by atoms with Gasteiger partial charge in [0.2, 0.25) is 0 Å². The van der Waals surface area contributed by atoms with E-state index in [0.717, 1.165) is 38.5 Å². The molecule has 0 aliphatic carbocycles. The van der Waals surface area contributed by atoms with E-state index >= 15 is 0 Å². The van der Waals surface area contributed by atoms with E-state index in [1.165, 1.54) is 0 Å². The minimum absolute atomic E-state index is 0.602. The molecule has 0 aromatic rings. The SMILES string of the molecule is N#CCCCCC#CC#CC#CCCCCC#N. The topological polar surface area (TPSA) is 47.6 Å². The van der Waals surface area contributed by atoms with Crippen LogP contribution in [-0.4, -0.2) is 0 Å². The van der Waals surface area contributed by atoms with E-state index in [-0.39, 0.29) is 0 Å². The predicted octanol–water partition coefficient (Wildman–Crippen LogP) is 3.16. The van der Waals surface area contributed by atoms with E-state index in [0.29, 0.717) is 12.8 Å². The van der Waals surface area contributed by atoms with Crippen LogP contribution in [0.2, 0.25) is 0 Å². The number of nitriles is 2. The highest BCUT2D eigenvalue weighted by molar-refractivity contribution is 5.35. The van der Waals surface area contributed by atoms with Crippen LogP contribution in [0.15, 0.2) is 0 Å². The molecule has 0 aromatic heterocycles. The monoisotopic (exact) mass is 236 g/mol. The number of rotatable bonds is 6. The second-order valence-electron chi connectivity index (χ2n) is 3.58. The summed E-state index contributed by atoms with van der Waals surface area (Å²) < 4.78 is 0. The maximum absolute atomic E-state index is 8.32. The average molecular weight is 236 g/mol. The molecule has 0 radical (unpaired) electrons. The lowest BCUT2D eigenvalue weighted by atomic mass is 10.2. The third kappa shape index (κ3) is 13.7. The highest BCUT2D eigenvalue weighted by Crippen LogP contribution is 1.97. The molecule has 0 heterocycles. The molecule has 0 spiro atoms. The Labute approximate surface area is 110 Å². The molecule has 0 aromatic carbocycles. The molecule has 0 unspecified atom stereocenters. The van der Waals surface area contributed by atoms with Crippen molar-refractivity contribution in [2.24, 2.45) is 0 Å². The van der Waals surface area contributed by atoms with Gasteiger partial charge in [-0.3, -0.25) is 0 Å². The molecular formula is C16H16N2. The summed E-state index contributed by atoms with van der Waals surface area (Å²) in [7, 11) is 0. The third-order valence-corrected chi connectivity index (χ3v) is 2.04. The molecule has 2 nitrogen and oxygen atoms in total. The van der Waals surface area contributed by atoms with Gasteiger partial charge in [-0.25, -0.2) is 0 Å². The zero-order valence-corrected chi connectivity index (χ0v) is 10.6. The van der Waals surface area contributed by atoms with Gasteiger partial charge in [0.05, 0.1) is 12.1 Å². The first-order valence-corrected chi connectivity index (χ1v) is 6.11. The molecule has 0 rings (SSSR count). The van der Waals surface area contributed by atoms with E-state index in [1.807, 2.05) is 0 Å². The number of hydrogen-bond acceptors (Lipinski definition) is 2. The Balaban J connectivity index is 3.54. The van der Waals surface area contributed by atoms with Crippen LogP contribution in [0.4, 0.5) is 0 Å². The molecule has 18 heavy (non-hydrogen) atoms. The molecule has 2 heteroatoms. The number of nitrogens with zero attached hydrogens (tertiary/aromatic N) is 2. The van der Waals surface area contributed by atoms with E-state index < -0.39 is 0 Å². The second-order valence-corrected chi connectivity index (χ2v) is 3.58. The molecular weight excluding hydrogens is 220 g/mol. The van der Waals surface area contributed by atoms with Crippen LogP contribution < -0.4 is 0 Å². The normalized spacial score (nSPS) is 7.22. The maximum atomic E-state index is 8.32. The lowest BCUT2D eigenvalue weighted by molar-refractivity contribution is 0.778. The largest absolute Gasteiger partial charge is 0.198 e. The fraction of sp³-hybridized carbons (Fsp3) is 0.500. The zero-order valence-electron chi connectivity index (χ0n) is 10.6. The Hall–Kier alpha value is -2.34. The number of hydrogen-bond donors (Lipinski definition) is 0. The van der Waals surface area contributed by atoms with Crippen LogP contribution in [-0.2, 0) is 0 Å². The lowest BCUT2D eigenvalue weighted by Crippen LogP contribution is -1.72. The first-order valence-electron chi connectivity index (χ1n) is 6.11. The van der Waals surface area contributed by atoms with Crippen molar-refractivity contribution in [3.63, 3.8) is 0 Å². The molecule has 0 bridgehead atoms. The molecule has 0 saturated carbocycles. The smallest absolute Gasteiger partial charge is 0.0621 e. The van der Waals surface area contributed by atoms with Crippen molar-refractivity contribution < 1.29 is 0 Å². The molecule has 0 saturated heterocycles. The van der Waals surface area contributed by atoms with Crippen molar-refractivity contribution in [3.05, 3.63) is 0 Å². The molecule has 0 amide bonds. The van der Waals surface area contributed by atoms with E-state index in [4.69, 9.17) is 10.5 Å². The summed E-state index contributed by atoms with van der Waals surface area (Å²) in [5.41, 5.74) is 0. The minimum Gasteiger partial charge on any atom is -0.198 e. The van der Waals surface area contributed by atoms with Crippen molar-refractivity contribution in [1.29, 1.82) is 10.5 Å². The van der Waals surface area contributed by atoms with Gasteiger partial charge in [0.1, 0.15) is 0 Å². The highest BCUT2D eigenvalue weighted by Gasteiger charge is 1.83. The van der Waals surface area contributed by atoms with Gasteiger partial charge in [0.25, 0.3) is 0 Å². The summed E-state index contributed by atoms with van der Waals surface area (Å²) in [6, 6.07) is 4.20. The maximum Gasteiger partial charge on any atom is 0.0621 e.